The van der Waals surface area contributed by atoms with E-state index in [1.54, 1.807) is 11.9 Å². The Hall–Kier alpha value is -1.30. The molecule has 1 atom stereocenters. The van der Waals surface area contributed by atoms with Crippen molar-refractivity contribution >= 4 is 12.0 Å². The van der Waals surface area contributed by atoms with Crippen LogP contribution in [0.1, 0.15) is 26.2 Å². The van der Waals surface area contributed by atoms with Gasteiger partial charge in [-0.05, 0) is 19.3 Å². The molecule has 0 spiro atoms. The van der Waals surface area contributed by atoms with Gasteiger partial charge in [0.1, 0.15) is 6.54 Å². The maximum Gasteiger partial charge on any atom is 0.323 e. The topological polar surface area (TPSA) is 70.1 Å². The van der Waals surface area contributed by atoms with Crippen LogP contribution in [0.25, 0.3) is 0 Å². The van der Waals surface area contributed by atoms with Gasteiger partial charge in [-0.25, -0.2) is 4.79 Å². The molecule has 0 aromatic carbocycles. The third-order valence-electron chi connectivity index (χ3n) is 3.20. The summed E-state index contributed by atoms with van der Waals surface area (Å²) >= 11 is 0. The van der Waals surface area contributed by atoms with E-state index in [9.17, 15) is 9.59 Å². The highest BCUT2D eigenvalue weighted by Crippen LogP contribution is 2.15. The summed E-state index contributed by atoms with van der Waals surface area (Å²) in [6, 6.07) is -0.213. The van der Waals surface area contributed by atoms with Crippen molar-refractivity contribution in [2.45, 2.75) is 26.2 Å². The average molecular weight is 272 g/mol. The molecule has 0 aliphatic carbocycles. The van der Waals surface area contributed by atoms with Crippen LogP contribution in [0.15, 0.2) is 0 Å². The molecular weight excluding hydrogens is 248 g/mol. The molecule has 110 valence electrons. The lowest BCUT2D eigenvalue weighted by atomic mass is 10.0. The van der Waals surface area contributed by atoms with E-state index in [1.165, 1.54) is 4.90 Å². The predicted molar refractivity (Wildman–Crippen MR) is 71.1 cm³/mol. The minimum Gasteiger partial charge on any atom is -0.480 e. The minimum absolute atomic E-state index is 0.213. The Morgan fingerprint density at radius 2 is 2.16 bits per heavy atom. The van der Waals surface area contributed by atoms with Gasteiger partial charge in [0.25, 0.3) is 0 Å². The van der Waals surface area contributed by atoms with Crippen LogP contribution in [0.3, 0.4) is 0 Å². The highest BCUT2D eigenvalue weighted by molar-refractivity contribution is 5.80. The zero-order valence-electron chi connectivity index (χ0n) is 11.8. The fourth-order valence-corrected chi connectivity index (χ4v) is 2.33. The number of carbonyl (C=O) groups is 2. The van der Waals surface area contributed by atoms with E-state index in [4.69, 9.17) is 9.84 Å². The number of rotatable bonds is 6. The third kappa shape index (κ3) is 5.46. The zero-order valence-corrected chi connectivity index (χ0v) is 11.8. The van der Waals surface area contributed by atoms with Gasteiger partial charge in [0.15, 0.2) is 0 Å². The Morgan fingerprint density at radius 1 is 1.42 bits per heavy atom. The van der Waals surface area contributed by atoms with E-state index in [1.807, 2.05) is 6.92 Å². The van der Waals surface area contributed by atoms with Crippen LogP contribution in [0.5, 0.6) is 0 Å². The summed E-state index contributed by atoms with van der Waals surface area (Å²) in [5, 5.41) is 8.83. The molecule has 2 amide bonds. The standard InChI is InChI=1S/C13H24N2O4/c1-3-6-15(9-12(16)17)13(18)14(2)8-11-5-4-7-19-10-11/h11H,3-10H2,1-2H3,(H,16,17). The molecule has 6 heteroatoms. The molecule has 0 bridgehead atoms. The summed E-state index contributed by atoms with van der Waals surface area (Å²) in [4.78, 5) is 25.9. The first-order chi connectivity index (χ1) is 9.04. The first-order valence-corrected chi connectivity index (χ1v) is 6.84. The van der Waals surface area contributed by atoms with Crippen LogP contribution in [0.4, 0.5) is 4.79 Å². The molecule has 1 aliphatic heterocycles. The Bertz CT molecular complexity index is 303. The number of urea groups is 1. The molecule has 0 radical (unpaired) electrons. The largest absolute Gasteiger partial charge is 0.480 e. The summed E-state index contributed by atoms with van der Waals surface area (Å²) in [7, 11) is 1.72. The molecule has 1 rings (SSSR count). The summed E-state index contributed by atoms with van der Waals surface area (Å²) in [6.07, 6.45) is 2.84. The molecule has 0 aromatic rings. The van der Waals surface area contributed by atoms with Crippen molar-refractivity contribution in [3.05, 3.63) is 0 Å². The van der Waals surface area contributed by atoms with E-state index >= 15 is 0 Å². The molecule has 1 N–H and O–H groups in total. The van der Waals surface area contributed by atoms with Gasteiger partial charge in [0, 0.05) is 32.7 Å². The van der Waals surface area contributed by atoms with Crippen molar-refractivity contribution < 1.29 is 19.4 Å². The predicted octanol–water partition coefficient (Wildman–Crippen LogP) is 1.26. The number of amides is 2. The molecule has 1 aliphatic rings. The highest BCUT2D eigenvalue weighted by Gasteiger charge is 2.23. The van der Waals surface area contributed by atoms with E-state index in [0.717, 1.165) is 25.9 Å². The number of ether oxygens (including phenoxy) is 1. The summed E-state index contributed by atoms with van der Waals surface area (Å²) in [5.41, 5.74) is 0. The fourth-order valence-electron chi connectivity index (χ4n) is 2.33. The third-order valence-corrected chi connectivity index (χ3v) is 3.20. The smallest absolute Gasteiger partial charge is 0.323 e. The van der Waals surface area contributed by atoms with Gasteiger partial charge in [0.2, 0.25) is 0 Å². The molecule has 1 unspecified atom stereocenters. The first kappa shape index (κ1) is 15.8. The monoisotopic (exact) mass is 272 g/mol. The molecule has 1 fully saturated rings. The second-order valence-electron chi connectivity index (χ2n) is 5.06. The van der Waals surface area contributed by atoms with Crippen molar-refractivity contribution in [2.24, 2.45) is 5.92 Å². The number of hydrogen-bond donors (Lipinski definition) is 1. The van der Waals surface area contributed by atoms with Gasteiger partial charge in [-0.2, -0.15) is 0 Å². The first-order valence-electron chi connectivity index (χ1n) is 6.84. The minimum atomic E-state index is -0.976. The maximum absolute atomic E-state index is 12.2. The lowest BCUT2D eigenvalue weighted by Crippen LogP contribution is -2.46. The lowest BCUT2D eigenvalue weighted by Gasteiger charge is -2.31. The summed E-state index contributed by atoms with van der Waals surface area (Å²) < 4.78 is 5.39. The van der Waals surface area contributed by atoms with Gasteiger partial charge >= 0.3 is 12.0 Å². The Balaban J connectivity index is 2.48. The van der Waals surface area contributed by atoms with Crippen LogP contribution < -0.4 is 0 Å². The molecule has 6 nitrogen and oxygen atoms in total. The summed E-state index contributed by atoms with van der Waals surface area (Å²) in [5.74, 6) is -0.618. The van der Waals surface area contributed by atoms with Crippen molar-refractivity contribution in [1.29, 1.82) is 0 Å². The van der Waals surface area contributed by atoms with Gasteiger partial charge in [-0.3, -0.25) is 4.79 Å². The van der Waals surface area contributed by atoms with E-state index in [0.29, 0.717) is 25.6 Å². The van der Waals surface area contributed by atoms with E-state index < -0.39 is 5.97 Å². The number of carbonyl (C=O) groups excluding carboxylic acids is 1. The number of carboxylic acids is 1. The van der Waals surface area contributed by atoms with Gasteiger partial charge in [0.05, 0.1) is 6.61 Å². The molecule has 1 heterocycles. The Morgan fingerprint density at radius 3 is 2.68 bits per heavy atom. The molecule has 1 saturated heterocycles. The second-order valence-corrected chi connectivity index (χ2v) is 5.06. The quantitative estimate of drug-likeness (QED) is 0.790. The van der Waals surface area contributed by atoms with Crippen molar-refractivity contribution in [3.63, 3.8) is 0 Å². The number of carboxylic acid groups (broad SMARTS) is 1. The molecule has 0 aromatic heterocycles. The molecule has 0 saturated carbocycles. The SMILES string of the molecule is CCCN(CC(=O)O)C(=O)N(C)CC1CCCOC1. The van der Waals surface area contributed by atoms with E-state index in [2.05, 4.69) is 0 Å². The van der Waals surface area contributed by atoms with Crippen molar-refractivity contribution in [1.82, 2.24) is 9.80 Å². The lowest BCUT2D eigenvalue weighted by molar-refractivity contribution is -0.137. The van der Waals surface area contributed by atoms with Gasteiger partial charge < -0.3 is 19.6 Å². The fraction of sp³-hybridized carbons (Fsp3) is 0.846. The number of hydrogen-bond acceptors (Lipinski definition) is 3. The molecule has 19 heavy (non-hydrogen) atoms. The Kier molecular flexibility index (Phi) is 6.62. The van der Waals surface area contributed by atoms with Gasteiger partial charge in [-0.15, -0.1) is 0 Å². The Labute approximate surface area is 114 Å². The van der Waals surface area contributed by atoms with Crippen molar-refractivity contribution in [3.8, 4) is 0 Å². The van der Waals surface area contributed by atoms with E-state index in [-0.39, 0.29) is 12.6 Å². The van der Waals surface area contributed by atoms with Crippen LogP contribution in [-0.4, -0.2) is 66.8 Å². The number of aliphatic carboxylic acids is 1. The number of nitrogens with zero attached hydrogens (tertiary/aromatic N) is 2. The average Bonchev–Trinajstić information content (AvgIpc) is 2.38. The molecular formula is C13H24N2O4. The second kappa shape index (κ2) is 7.99. The van der Waals surface area contributed by atoms with Crippen LogP contribution in [-0.2, 0) is 9.53 Å². The van der Waals surface area contributed by atoms with Crippen LogP contribution >= 0.6 is 0 Å². The summed E-state index contributed by atoms with van der Waals surface area (Å²) in [6.45, 7) is 4.27. The van der Waals surface area contributed by atoms with Gasteiger partial charge in [-0.1, -0.05) is 6.92 Å². The highest BCUT2D eigenvalue weighted by atomic mass is 16.5. The maximum atomic E-state index is 12.2. The van der Waals surface area contributed by atoms with Crippen LogP contribution in [0, 0.1) is 5.92 Å². The van der Waals surface area contributed by atoms with Crippen LogP contribution in [0.2, 0.25) is 0 Å². The zero-order chi connectivity index (χ0) is 14.3. The normalized spacial score (nSPS) is 18.9. The van der Waals surface area contributed by atoms with Crippen molar-refractivity contribution in [2.75, 3.05) is 39.9 Å².